The van der Waals surface area contributed by atoms with E-state index >= 15 is 0 Å². The summed E-state index contributed by atoms with van der Waals surface area (Å²) in [7, 11) is 0. The van der Waals surface area contributed by atoms with Crippen molar-refractivity contribution in [3.8, 4) is 0 Å². The molecule has 0 aromatic carbocycles. The molecule has 1 aliphatic carbocycles. The Balaban J connectivity index is 2.60. The molecule has 0 amide bonds. The lowest BCUT2D eigenvalue weighted by atomic mass is 9.91. The number of hydrogen-bond donors (Lipinski definition) is 0. The molecule has 88 valence electrons. The van der Waals surface area contributed by atoms with Gasteiger partial charge in [-0.3, -0.25) is 0 Å². The van der Waals surface area contributed by atoms with Crippen LogP contribution in [-0.4, -0.2) is 12.1 Å². The van der Waals surface area contributed by atoms with E-state index in [4.69, 9.17) is 0 Å². The maximum absolute atomic E-state index is 13.9. The molecule has 0 radical (unpaired) electrons. The molecular weight excluding hydrogens is 254 g/mol. The smallest absolute Gasteiger partial charge is 0.235 e. The molecule has 2 rings (SSSR count). The number of hydrogen-bond acceptors (Lipinski definition) is 1. The highest BCUT2D eigenvalue weighted by Crippen LogP contribution is 2.58. The van der Waals surface area contributed by atoms with Crippen molar-refractivity contribution in [3.63, 3.8) is 0 Å². The minimum atomic E-state index is -4.82. The molecule has 0 nitrogen and oxygen atoms in total. The van der Waals surface area contributed by atoms with Crippen molar-refractivity contribution in [3.05, 3.63) is 34.0 Å². The maximum atomic E-state index is 13.9. The van der Waals surface area contributed by atoms with E-state index in [1.165, 1.54) is 5.38 Å². The second-order valence-corrected chi connectivity index (χ2v) is 4.10. The quantitative estimate of drug-likeness (QED) is 0.666. The van der Waals surface area contributed by atoms with Crippen LogP contribution in [0.3, 0.4) is 0 Å². The van der Waals surface area contributed by atoms with Crippen LogP contribution in [0.1, 0.15) is 5.56 Å². The molecule has 0 saturated heterocycles. The van der Waals surface area contributed by atoms with E-state index in [1.54, 1.807) is 0 Å². The first-order valence-corrected chi connectivity index (χ1v) is 5.07. The van der Waals surface area contributed by atoms with E-state index < -0.39 is 35.0 Å². The highest BCUT2D eigenvalue weighted by atomic mass is 32.1. The van der Waals surface area contributed by atoms with Gasteiger partial charge in [0, 0.05) is 5.56 Å². The van der Waals surface area contributed by atoms with Crippen LogP contribution >= 0.6 is 11.3 Å². The van der Waals surface area contributed by atoms with Gasteiger partial charge in [-0.2, -0.15) is 20.1 Å². The van der Waals surface area contributed by atoms with Crippen LogP contribution in [0.15, 0.2) is 28.5 Å². The minimum Gasteiger partial charge on any atom is -0.235 e. The van der Waals surface area contributed by atoms with Crippen molar-refractivity contribution < 1.29 is 26.3 Å². The molecule has 0 aliphatic heterocycles. The fraction of sp³-hybridized carbons (Fsp3) is 0.333. The first-order valence-electron chi connectivity index (χ1n) is 4.12. The van der Waals surface area contributed by atoms with E-state index in [0.717, 1.165) is 22.8 Å². The third-order valence-electron chi connectivity index (χ3n) is 2.46. The van der Waals surface area contributed by atoms with E-state index in [-0.39, 0.29) is 0 Å². The summed E-state index contributed by atoms with van der Waals surface area (Å²) < 4.78 is 78.8. The van der Waals surface area contributed by atoms with Gasteiger partial charge in [-0.25, -0.2) is 17.6 Å². The predicted octanol–water partition coefficient (Wildman–Crippen LogP) is 4.05. The molecular formula is C9H4F6S. The normalized spacial score (nSPS) is 33.5. The molecule has 0 N–H and O–H groups in total. The van der Waals surface area contributed by atoms with Gasteiger partial charge in [0.15, 0.2) is 12.0 Å². The second kappa shape index (κ2) is 3.26. The van der Waals surface area contributed by atoms with Crippen LogP contribution < -0.4 is 0 Å². The Morgan fingerprint density at radius 3 is 2.19 bits per heavy atom. The molecule has 1 aromatic rings. The van der Waals surface area contributed by atoms with Gasteiger partial charge in [0.05, 0.1) is 0 Å². The summed E-state index contributed by atoms with van der Waals surface area (Å²) in [5.41, 5.74) is -4.76. The fourth-order valence-electron chi connectivity index (χ4n) is 1.55. The summed E-state index contributed by atoms with van der Waals surface area (Å²) in [4.78, 5) is 0. The molecule has 2 unspecified atom stereocenters. The number of allylic oxidation sites excluding steroid dienone is 2. The lowest BCUT2D eigenvalue weighted by Crippen LogP contribution is -2.44. The van der Waals surface area contributed by atoms with Gasteiger partial charge in [0.1, 0.15) is 0 Å². The molecule has 0 bridgehead atoms. The molecule has 1 heterocycles. The van der Waals surface area contributed by atoms with E-state index in [0.29, 0.717) is 0 Å². The highest BCUT2D eigenvalue weighted by molar-refractivity contribution is 7.08. The zero-order chi connectivity index (χ0) is 12.1. The van der Waals surface area contributed by atoms with Crippen molar-refractivity contribution in [1.29, 1.82) is 0 Å². The molecule has 0 spiro atoms. The van der Waals surface area contributed by atoms with Crippen molar-refractivity contribution in [2.45, 2.75) is 17.8 Å². The molecule has 7 heteroatoms. The molecule has 2 atom stereocenters. The van der Waals surface area contributed by atoms with E-state index in [2.05, 4.69) is 0 Å². The van der Waals surface area contributed by atoms with Crippen LogP contribution in [0.4, 0.5) is 26.3 Å². The van der Waals surface area contributed by atoms with Crippen LogP contribution in [-0.2, 0) is 5.67 Å². The third kappa shape index (κ3) is 1.12. The van der Waals surface area contributed by atoms with E-state index in [9.17, 15) is 26.3 Å². The van der Waals surface area contributed by atoms with Gasteiger partial charge in [0.25, 0.3) is 0 Å². The summed E-state index contributed by atoms with van der Waals surface area (Å²) in [6, 6.07) is 0.872. The molecule has 0 fully saturated rings. The summed E-state index contributed by atoms with van der Waals surface area (Å²) in [6.07, 6.45) is -3.32. The zero-order valence-electron chi connectivity index (χ0n) is 7.49. The van der Waals surface area contributed by atoms with Crippen molar-refractivity contribution in [1.82, 2.24) is 0 Å². The van der Waals surface area contributed by atoms with Gasteiger partial charge in [-0.05, 0) is 16.8 Å². The molecule has 16 heavy (non-hydrogen) atoms. The Morgan fingerprint density at radius 2 is 1.81 bits per heavy atom. The second-order valence-electron chi connectivity index (χ2n) is 3.32. The molecule has 1 aromatic heterocycles. The van der Waals surface area contributed by atoms with Gasteiger partial charge in [-0.15, -0.1) is 0 Å². The Labute approximate surface area is 90.2 Å². The first kappa shape index (κ1) is 11.5. The largest absolute Gasteiger partial charge is 0.342 e. The van der Waals surface area contributed by atoms with Gasteiger partial charge >= 0.3 is 5.92 Å². The van der Waals surface area contributed by atoms with Gasteiger partial charge < -0.3 is 0 Å². The predicted molar refractivity (Wildman–Crippen MR) is 46.2 cm³/mol. The SMILES string of the molecule is FC1=C(F)C(F)(F)C(F)(c2ccsc2)C1F. The van der Waals surface area contributed by atoms with Crippen LogP contribution in [0.25, 0.3) is 0 Å². The Morgan fingerprint density at radius 1 is 1.19 bits per heavy atom. The monoisotopic (exact) mass is 258 g/mol. The van der Waals surface area contributed by atoms with Crippen molar-refractivity contribution in [2.75, 3.05) is 0 Å². The number of thiophene rings is 1. The Hall–Kier alpha value is -0.980. The summed E-state index contributed by atoms with van der Waals surface area (Å²) in [5, 5.41) is 2.11. The lowest BCUT2D eigenvalue weighted by molar-refractivity contribution is -0.136. The molecule has 0 saturated carbocycles. The standard InChI is InChI=1S/C9H4F6S/c10-5-6(11)8(13,4-1-2-16-3-4)9(14,15)7(5)12/h1-3,6H. The van der Waals surface area contributed by atoms with Gasteiger partial charge in [-0.1, -0.05) is 0 Å². The number of alkyl halides is 4. The lowest BCUT2D eigenvalue weighted by Gasteiger charge is -2.27. The van der Waals surface area contributed by atoms with E-state index in [1.807, 2.05) is 0 Å². The number of rotatable bonds is 1. The van der Waals surface area contributed by atoms with Gasteiger partial charge in [0.2, 0.25) is 11.5 Å². The average Bonchev–Trinajstić information content (AvgIpc) is 2.80. The summed E-state index contributed by atoms with van der Waals surface area (Å²) >= 11 is 0.827. The number of halogens is 6. The third-order valence-corrected chi connectivity index (χ3v) is 3.14. The molecule has 1 aliphatic rings. The fourth-order valence-corrected chi connectivity index (χ4v) is 2.25. The maximum Gasteiger partial charge on any atom is 0.342 e. The minimum absolute atomic E-state index is 0.766. The zero-order valence-corrected chi connectivity index (χ0v) is 8.30. The Kier molecular flexibility index (Phi) is 2.34. The van der Waals surface area contributed by atoms with Crippen LogP contribution in [0.5, 0.6) is 0 Å². The topological polar surface area (TPSA) is 0 Å². The first-order chi connectivity index (χ1) is 7.33. The van der Waals surface area contributed by atoms with Crippen molar-refractivity contribution in [2.24, 2.45) is 0 Å². The van der Waals surface area contributed by atoms with Crippen LogP contribution in [0.2, 0.25) is 0 Å². The Bertz CT molecular complexity index is 437. The van der Waals surface area contributed by atoms with Crippen LogP contribution in [0, 0.1) is 0 Å². The van der Waals surface area contributed by atoms with Crippen molar-refractivity contribution >= 4 is 11.3 Å². The average molecular weight is 258 g/mol. The highest BCUT2D eigenvalue weighted by Gasteiger charge is 2.72. The summed E-state index contributed by atoms with van der Waals surface area (Å²) in [6.45, 7) is 0. The summed E-state index contributed by atoms with van der Waals surface area (Å²) in [5.74, 6) is -9.87.